The summed E-state index contributed by atoms with van der Waals surface area (Å²) in [6.45, 7) is 5.16. The fraction of sp³-hybridized carbons (Fsp3) is 0.400. The molecule has 6 heteroatoms. The van der Waals surface area contributed by atoms with Gasteiger partial charge in [0.25, 0.3) is 5.91 Å². The molecule has 1 atom stereocenters. The van der Waals surface area contributed by atoms with Crippen LogP contribution in [-0.4, -0.2) is 39.9 Å². The first-order chi connectivity index (χ1) is 12.6. The zero-order valence-electron chi connectivity index (χ0n) is 15.2. The average molecular weight is 389 g/mol. The molecule has 2 aromatic rings. The number of thioether (sulfide) groups is 2. The van der Waals surface area contributed by atoms with Gasteiger partial charge in [-0.25, -0.2) is 0 Å². The minimum absolute atomic E-state index is 0.00816. The van der Waals surface area contributed by atoms with Crippen molar-refractivity contribution < 1.29 is 9.53 Å². The number of hydrogen-bond donors (Lipinski definition) is 1. The smallest absolute Gasteiger partial charge is 0.251 e. The van der Waals surface area contributed by atoms with Gasteiger partial charge >= 0.3 is 0 Å². The van der Waals surface area contributed by atoms with Gasteiger partial charge in [0.2, 0.25) is 0 Å². The Balaban J connectivity index is 1.61. The summed E-state index contributed by atoms with van der Waals surface area (Å²) >= 11 is 3.92. The third kappa shape index (κ3) is 5.17. The maximum absolute atomic E-state index is 12.5. The van der Waals surface area contributed by atoms with E-state index >= 15 is 0 Å². The van der Waals surface area contributed by atoms with Crippen LogP contribution < -0.4 is 10.1 Å². The predicted molar refractivity (Wildman–Crippen MR) is 110 cm³/mol. The van der Waals surface area contributed by atoms with Gasteiger partial charge in [-0.3, -0.25) is 9.78 Å². The van der Waals surface area contributed by atoms with Crippen molar-refractivity contribution in [3.63, 3.8) is 0 Å². The van der Waals surface area contributed by atoms with Crippen molar-refractivity contribution >= 4 is 29.4 Å². The molecule has 1 unspecified atom stereocenters. The molecule has 1 aromatic carbocycles. The maximum Gasteiger partial charge on any atom is 0.251 e. The lowest BCUT2D eigenvalue weighted by atomic mass is 10.0. The molecule has 0 saturated carbocycles. The summed E-state index contributed by atoms with van der Waals surface area (Å²) < 4.78 is 5.97. The second-order valence-electron chi connectivity index (χ2n) is 6.37. The Bertz CT molecular complexity index is 724. The van der Waals surface area contributed by atoms with E-state index in [0.717, 1.165) is 34.7 Å². The quantitative estimate of drug-likeness (QED) is 0.814. The summed E-state index contributed by atoms with van der Waals surface area (Å²) in [5.74, 6) is 4.33. The van der Waals surface area contributed by atoms with Gasteiger partial charge in [-0.2, -0.15) is 23.5 Å². The number of pyridine rings is 1. The van der Waals surface area contributed by atoms with Crippen LogP contribution in [0.3, 0.4) is 0 Å². The topological polar surface area (TPSA) is 51.2 Å². The molecule has 0 bridgehead atoms. The normalized spacial score (nSPS) is 16.9. The molecular weight excluding hydrogens is 364 g/mol. The summed E-state index contributed by atoms with van der Waals surface area (Å²) in [7, 11) is 0. The Kier molecular flexibility index (Phi) is 6.86. The Morgan fingerprint density at radius 2 is 2.12 bits per heavy atom. The van der Waals surface area contributed by atoms with Crippen LogP contribution >= 0.6 is 23.5 Å². The number of aryl methyl sites for hydroxylation is 2. The zero-order chi connectivity index (χ0) is 18.4. The summed E-state index contributed by atoms with van der Waals surface area (Å²) in [4.78, 5) is 16.6. The van der Waals surface area contributed by atoms with Crippen LogP contribution in [0.4, 0.5) is 0 Å². The van der Waals surface area contributed by atoms with Gasteiger partial charge in [-0.15, -0.1) is 0 Å². The van der Waals surface area contributed by atoms with E-state index in [2.05, 4.69) is 10.3 Å². The number of aromatic nitrogens is 1. The molecule has 1 aromatic heterocycles. The number of nitrogens with one attached hydrogen (secondary N) is 1. The highest BCUT2D eigenvalue weighted by Gasteiger charge is 2.17. The van der Waals surface area contributed by atoms with E-state index in [1.54, 1.807) is 12.4 Å². The average Bonchev–Trinajstić information content (AvgIpc) is 2.67. The molecule has 138 valence electrons. The number of ether oxygens (including phenoxy) is 1. The van der Waals surface area contributed by atoms with E-state index in [-0.39, 0.29) is 5.91 Å². The van der Waals surface area contributed by atoms with Crippen molar-refractivity contribution in [1.29, 1.82) is 0 Å². The molecule has 1 N–H and O–H groups in total. The Hall–Kier alpha value is -1.66. The molecule has 4 nitrogen and oxygen atoms in total. The number of benzene rings is 1. The van der Waals surface area contributed by atoms with Crippen molar-refractivity contribution in [1.82, 2.24) is 10.3 Å². The van der Waals surface area contributed by atoms with Gasteiger partial charge in [-0.1, -0.05) is 6.07 Å². The van der Waals surface area contributed by atoms with Gasteiger partial charge in [-0.05, 0) is 43.2 Å². The molecular formula is C20H24N2O2S2. The molecule has 0 aliphatic carbocycles. The van der Waals surface area contributed by atoms with Gasteiger partial charge in [0.15, 0.2) is 0 Å². The number of carbonyl (C=O) groups excluding carboxylic acids is 1. The molecule has 1 fully saturated rings. The van der Waals surface area contributed by atoms with E-state index < -0.39 is 0 Å². The fourth-order valence-corrected chi connectivity index (χ4v) is 5.52. The molecule has 3 rings (SSSR count). The molecule has 0 spiro atoms. The Labute approximate surface area is 163 Å². The first-order valence-corrected chi connectivity index (χ1v) is 10.9. The SMILES string of the molecule is Cc1cc(C(=O)NCC2CSCCS2)cc(C)c1OCc1cccnc1. The van der Waals surface area contributed by atoms with E-state index in [0.29, 0.717) is 17.4 Å². The van der Waals surface area contributed by atoms with Crippen LogP contribution in [-0.2, 0) is 6.61 Å². The number of amides is 1. The summed E-state index contributed by atoms with van der Waals surface area (Å²) in [5, 5.41) is 3.59. The van der Waals surface area contributed by atoms with Gasteiger partial charge < -0.3 is 10.1 Å². The lowest BCUT2D eigenvalue weighted by Crippen LogP contribution is -2.33. The Morgan fingerprint density at radius 3 is 2.77 bits per heavy atom. The van der Waals surface area contributed by atoms with Gasteiger partial charge in [0, 0.05) is 52.6 Å². The van der Waals surface area contributed by atoms with Gasteiger partial charge in [0.05, 0.1) is 0 Å². The fourth-order valence-electron chi connectivity index (χ4n) is 2.91. The highest BCUT2D eigenvalue weighted by atomic mass is 32.2. The standard InChI is InChI=1S/C20H24N2O2S2/c1-14-8-17(20(23)22-11-18-13-25-6-7-26-18)9-15(2)19(14)24-12-16-4-3-5-21-10-16/h3-5,8-10,18H,6-7,11-13H2,1-2H3,(H,22,23). The third-order valence-corrected chi connectivity index (χ3v) is 7.05. The number of rotatable bonds is 6. The van der Waals surface area contributed by atoms with Gasteiger partial charge in [0.1, 0.15) is 12.4 Å². The zero-order valence-corrected chi connectivity index (χ0v) is 16.8. The number of carbonyl (C=O) groups is 1. The summed E-state index contributed by atoms with van der Waals surface area (Å²) in [5.41, 5.74) is 3.67. The predicted octanol–water partition coefficient (Wildman–Crippen LogP) is 3.86. The summed E-state index contributed by atoms with van der Waals surface area (Å²) in [6, 6.07) is 7.70. The maximum atomic E-state index is 12.5. The van der Waals surface area contributed by atoms with E-state index in [9.17, 15) is 4.79 Å². The van der Waals surface area contributed by atoms with Crippen LogP contribution in [0.5, 0.6) is 5.75 Å². The molecule has 1 amide bonds. The second kappa shape index (κ2) is 9.33. The first kappa shape index (κ1) is 19.1. The number of hydrogen-bond acceptors (Lipinski definition) is 5. The van der Waals surface area contributed by atoms with Crippen LogP contribution in [0.15, 0.2) is 36.7 Å². The lowest BCUT2D eigenvalue weighted by Gasteiger charge is -2.21. The monoisotopic (exact) mass is 388 g/mol. The van der Waals surface area contributed by atoms with E-state index in [1.807, 2.05) is 61.6 Å². The van der Waals surface area contributed by atoms with Crippen LogP contribution in [0.25, 0.3) is 0 Å². The lowest BCUT2D eigenvalue weighted by molar-refractivity contribution is 0.0954. The van der Waals surface area contributed by atoms with Crippen molar-refractivity contribution in [3.05, 3.63) is 58.9 Å². The highest BCUT2D eigenvalue weighted by Crippen LogP contribution is 2.26. The minimum Gasteiger partial charge on any atom is -0.488 e. The molecule has 0 radical (unpaired) electrons. The molecule has 1 aliphatic rings. The van der Waals surface area contributed by atoms with E-state index in [4.69, 9.17) is 4.74 Å². The van der Waals surface area contributed by atoms with Crippen molar-refractivity contribution in [3.8, 4) is 5.75 Å². The molecule has 26 heavy (non-hydrogen) atoms. The first-order valence-electron chi connectivity index (χ1n) is 8.74. The Morgan fingerprint density at radius 1 is 1.31 bits per heavy atom. The largest absolute Gasteiger partial charge is 0.488 e. The minimum atomic E-state index is -0.00816. The number of nitrogens with zero attached hydrogens (tertiary/aromatic N) is 1. The van der Waals surface area contributed by atoms with Crippen molar-refractivity contribution in [2.45, 2.75) is 25.7 Å². The molecule has 1 saturated heterocycles. The van der Waals surface area contributed by atoms with Crippen LogP contribution in [0.2, 0.25) is 0 Å². The van der Waals surface area contributed by atoms with Crippen LogP contribution in [0, 0.1) is 13.8 Å². The van der Waals surface area contributed by atoms with Crippen LogP contribution in [0.1, 0.15) is 27.0 Å². The summed E-state index contributed by atoms with van der Waals surface area (Å²) in [6.07, 6.45) is 3.55. The molecule has 1 aliphatic heterocycles. The van der Waals surface area contributed by atoms with E-state index in [1.165, 1.54) is 11.5 Å². The third-order valence-electron chi connectivity index (χ3n) is 4.20. The second-order valence-corrected chi connectivity index (χ2v) is 8.92. The molecule has 2 heterocycles. The highest BCUT2D eigenvalue weighted by molar-refractivity contribution is 8.06. The van der Waals surface area contributed by atoms with Crippen molar-refractivity contribution in [2.75, 3.05) is 23.8 Å². The van der Waals surface area contributed by atoms with Crippen molar-refractivity contribution in [2.24, 2.45) is 0 Å².